The summed E-state index contributed by atoms with van der Waals surface area (Å²) in [6.07, 6.45) is 1.33. The molecule has 2 aromatic rings. The molecule has 1 aliphatic rings. The minimum atomic E-state index is -4.40. The van der Waals surface area contributed by atoms with Gasteiger partial charge in [-0.15, -0.1) is 0 Å². The lowest BCUT2D eigenvalue weighted by atomic mass is 9.93. The Bertz CT molecular complexity index is 792. The molecule has 0 saturated heterocycles. The van der Waals surface area contributed by atoms with Crippen LogP contribution in [0.25, 0.3) is 0 Å². The highest BCUT2D eigenvalue weighted by atomic mass is 35.5. The normalized spacial score (nSPS) is 19.7. The number of carbonyl (C=O) groups excluding carboxylic acids is 1. The van der Waals surface area contributed by atoms with Crippen LogP contribution in [-0.2, 0) is 6.18 Å². The molecule has 0 atom stereocenters. The van der Waals surface area contributed by atoms with Crippen LogP contribution >= 0.6 is 11.6 Å². The summed E-state index contributed by atoms with van der Waals surface area (Å²) in [4.78, 5) is 20.0. The molecule has 1 aliphatic carbocycles. The Hall–Kier alpha value is -2.55. The molecule has 0 radical (unpaired) electrons. The number of nitrogens with zero attached hydrogens (tertiary/aromatic N) is 2. The highest BCUT2D eigenvalue weighted by Gasteiger charge is 2.30. The fourth-order valence-electron chi connectivity index (χ4n) is 2.93. The molecular formula is C18H18ClF3N4O2. The molecule has 2 N–H and O–H groups in total. The Morgan fingerprint density at radius 3 is 2.25 bits per heavy atom. The molecule has 0 spiro atoms. The van der Waals surface area contributed by atoms with Crippen LogP contribution in [0.4, 0.5) is 23.7 Å². The van der Waals surface area contributed by atoms with Crippen LogP contribution in [0.5, 0.6) is 6.01 Å². The first-order valence-corrected chi connectivity index (χ1v) is 9.06. The second-order valence-electron chi connectivity index (χ2n) is 6.45. The number of halogens is 4. The molecule has 2 amide bonds. The summed E-state index contributed by atoms with van der Waals surface area (Å²) >= 11 is 5.73. The monoisotopic (exact) mass is 414 g/mol. The van der Waals surface area contributed by atoms with Gasteiger partial charge in [-0.3, -0.25) is 0 Å². The standard InChI is InChI=1S/C18H18ClF3N4O2/c19-12-9-23-17(24-10-12)28-15-7-5-14(6-8-15)26-16(27)25-13-3-1-11(2-4-13)18(20,21)22/h1-4,9-10,14-15H,5-8H2,(H2,25,26,27). The topological polar surface area (TPSA) is 76.1 Å². The number of aromatic nitrogens is 2. The van der Waals surface area contributed by atoms with Gasteiger partial charge in [0.25, 0.3) is 0 Å². The molecule has 1 aromatic carbocycles. The van der Waals surface area contributed by atoms with Crippen LogP contribution in [0.3, 0.4) is 0 Å². The van der Waals surface area contributed by atoms with Gasteiger partial charge in [0, 0.05) is 11.7 Å². The highest BCUT2D eigenvalue weighted by Crippen LogP contribution is 2.30. The van der Waals surface area contributed by atoms with Gasteiger partial charge in [-0.1, -0.05) is 11.6 Å². The first-order valence-electron chi connectivity index (χ1n) is 8.68. The molecule has 1 saturated carbocycles. The number of hydrogen-bond donors (Lipinski definition) is 2. The number of ether oxygens (including phenoxy) is 1. The number of anilines is 1. The van der Waals surface area contributed by atoms with Crippen molar-refractivity contribution in [2.45, 2.75) is 44.0 Å². The maximum absolute atomic E-state index is 12.6. The van der Waals surface area contributed by atoms with Crippen molar-refractivity contribution in [2.75, 3.05) is 5.32 Å². The van der Waals surface area contributed by atoms with Crippen molar-refractivity contribution in [1.29, 1.82) is 0 Å². The van der Waals surface area contributed by atoms with Crippen LogP contribution in [0.2, 0.25) is 5.02 Å². The van der Waals surface area contributed by atoms with Gasteiger partial charge in [0.15, 0.2) is 0 Å². The zero-order valence-corrected chi connectivity index (χ0v) is 15.4. The van der Waals surface area contributed by atoms with E-state index in [0.29, 0.717) is 23.6 Å². The largest absolute Gasteiger partial charge is 0.460 e. The Morgan fingerprint density at radius 2 is 1.68 bits per heavy atom. The van der Waals surface area contributed by atoms with E-state index in [2.05, 4.69) is 20.6 Å². The minimum absolute atomic E-state index is 0.0413. The number of hydrogen-bond acceptors (Lipinski definition) is 4. The van der Waals surface area contributed by atoms with E-state index in [4.69, 9.17) is 16.3 Å². The van der Waals surface area contributed by atoms with Gasteiger partial charge in [0.05, 0.1) is 23.0 Å². The van der Waals surface area contributed by atoms with Crippen molar-refractivity contribution in [3.05, 3.63) is 47.2 Å². The average molecular weight is 415 g/mol. The molecule has 150 valence electrons. The second kappa shape index (κ2) is 8.64. The van der Waals surface area contributed by atoms with Crippen LogP contribution in [-0.4, -0.2) is 28.1 Å². The van der Waals surface area contributed by atoms with Gasteiger partial charge in [-0.25, -0.2) is 14.8 Å². The fourth-order valence-corrected chi connectivity index (χ4v) is 3.03. The fraction of sp³-hybridized carbons (Fsp3) is 0.389. The molecule has 3 rings (SSSR count). The Balaban J connectivity index is 1.42. The number of benzene rings is 1. The quantitative estimate of drug-likeness (QED) is 0.762. The van der Waals surface area contributed by atoms with Crippen LogP contribution in [0, 0.1) is 0 Å². The lowest BCUT2D eigenvalue weighted by molar-refractivity contribution is -0.137. The van der Waals surface area contributed by atoms with Crippen molar-refractivity contribution in [3.63, 3.8) is 0 Å². The summed E-state index contributed by atoms with van der Waals surface area (Å²) in [5.41, 5.74) is -0.469. The average Bonchev–Trinajstić information content (AvgIpc) is 2.65. The molecule has 0 bridgehead atoms. The van der Waals surface area contributed by atoms with E-state index in [1.165, 1.54) is 24.5 Å². The predicted octanol–water partition coefficient (Wildman–Crippen LogP) is 4.66. The summed E-state index contributed by atoms with van der Waals surface area (Å²) in [5.74, 6) is 0. The van der Waals surface area contributed by atoms with E-state index in [0.717, 1.165) is 25.0 Å². The maximum Gasteiger partial charge on any atom is 0.416 e. The van der Waals surface area contributed by atoms with Gasteiger partial charge >= 0.3 is 18.2 Å². The molecule has 0 aliphatic heterocycles. The third-order valence-corrected chi connectivity index (χ3v) is 4.54. The van der Waals surface area contributed by atoms with Gasteiger partial charge < -0.3 is 15.4 Å². The van der Waals surface area contributed by atoms with E-state index >= 15 is 0 Å². The minimum Gasteiger partial charge on any atom is -0.460 e. The molecular weight excluding hydrogens is 397 g/mol. The van der Waals surface area contributed by atoms with Crippen molar-refractivity contribution in [3.8, 4) is 6.01 Å². The number of rotatable bonds is 4. The summed E-state index contributed by atoms with van der Waals surface area (Å²) in [6.45, 7) is 0. The SMILES string of the molecule is O=C(Nc1ccc(C(F)(F)F)cc1)NC1CCC(Oc2ncc(Cl)cn2)CC1. The van der Waals surface area contributed by atoms with E-state index in [-0.39, 0.29) is 18.2 Å². The van der Waals surface area contributed by atoms with Gasteiger partial charge in [0.1, 0.15) is 6.10 Å². The predicted molar refractivity (Wildman–Crippen MR) is 97.3 cm³/mol. The molecule has 10 heteroatoms. The summed E-state index contributed by atoms with van der Waals surface area (Å²) in [5, 5.41) is 5.80. The number of alkyl halides is 3. The Labute approximate surface area is 164 Å². The first kappa shape index (κ1) is 20.2. The lowest BCUT2D eigenvalue weighted by Crippen LogP contribution is -2.41. The highest BCUT2D eigenvalue weighted by molar-refractivity contribution is 6.30. The molecule has 1 fully saturated rings. The zero-order valence-electron chi connectivity index (χ0n) is 14.7. The summed E-state index contributed by atoms with van der Waals surface area (Å²) < 4.78 is 43.4. The van der Waals surface area contributed by atoms with E-state index < -0.39 is 17.8 Å². The van der Waals surface area contributed by atoms with Crippen molar-refractivity contribution in [2.24, 2.45) is 0 Å². The maximum atomic E-state index is 12.6. The third kappa shape index (κ3) is 5.72. The molecule has 28 heavy (non-hydrogen) atoms. The Kier molecular flexibility index (Phi) is 6.23. The summed E-state index contributed by atoms with van der Waals surface area (Å²) in [7, 11) is 0. The van der Waals surface area contributed by atoms with Crippen molar-refractivity contribution in [1.82, 2.24) is 15.3 Å². The molecule has 1 heterocycles. The smallest absolute Gasteiger partial charge is 0.416 e. The first-order chi connectivity index (χ1) is 13.3. The number of urea groups is 1. The van der Waals surface area contributed by atoms with Gasteiger partial charge in [-0.2, -0.15) is 13.2 Å². The van der Waals surface area contributed by atoms with E-state index in [1.807, 2.05) is 0 Å². The third-order valence-electron chi connectivity index (χ3n) is 4.35. The molecule has 6 nitrogen and oxygen atoms in total. The van der Waals surface area contributed by atoms with Gasteiger partial charge in [0.2, 0.25) is 0 Å². The molecule has 0 unspecified atom stereocenters. The number of carbonyl (C=O) groups is 1. The van der Waals surface area contributed by atoms with Crippen LogP contribution < -0.4 is 15.4 Å². The van der Waals surface area contributed by atoms with E-state index in [1.54, 1.807) is 0 Å². The van der Waals surface area contributed by atoms with Crippen molar-refractivity contribution < 1.29 is 22.7 Å². The molecule has 1 aromatic heterocycles. The van der Waals surface area contributed by atoms with Gasteiger partial charge in [-0.05, 0) is 49.9 Å². The lowest BCUT2D eigenvalue weighted by Gasteiger charge is -2.28. The second-order valence-corrected chi connectivity index (χ2v) is 6.89. The number of nitrogens with one attached hydrogen (secondary N) is 2. The number of amides is 2. The van der Waals surface area contributed by atoms with Crippen LogP contribution in [0.15, 0.2) is 36.7 Å². The Morgan fingerprint density at radius 1 is 1.07 bits per heavy atom. The van der Waals surface area contributed by atoms with E-state index in [9.17, 15) is 18.0 Å². The zero-order chi connectivity index (χ0) is 20.1. The van der Waals surface area contributed by atoms with Crippen LogP contribution in [0.1, 0.15) is 31.2 Å². The van der Waals surface area contributed by atoms with Crippen molar-refractivity contribution >= 4 is 23.3 Å². The summed E-state index contributed by atoms with van der Waals surface area (Å²) in [6, 6.07) is 4.07.